The Labute approximate surface area is 220 Å². The van der Waals surface area contributed by atoms with E-state index in [0.717, 1.165) is 24.0 Å². The SMILES string of the molecule is CCCCNC(=O)CSC1=Nc2ccccc2C2=N[C@H](CCC(=O)NCc3ccccc3OC)C(=O)N12. The van der Waals surface area contributed by atoms with Crippen LogP contribution in [0.5, 0.6) is 5.75 Å². The number of carbonyl (C=O) groups excluding carboxylic acids is 3. The standard InChI is InChI=1S/C27H31N5O4S/c1-3-4-15-28-24(34)17-37-27-31-20-11-7-6-10-19(20)25-30-21(26(35)32(25)27)13-14-23(33)29-16-18-9-5-8-12-22(18)36-2/h5-12,21H,3-4,13-17H2,1-2H3,(H,28,34)(H,29,33)/t21-/m1/s1. The normalized spacial score (nSPS) is 15.9. The third kappa shape index (κ3) is 6.37. The number of thioether (sulfide) groups is 1. The summed E-state index contributed by atoms with van der Waals surface area (Å²) in [6, 6.07) is 14.3. The molecule has 0 aliphatic carbocycles. The predicted octanol–water partition coefficient (Wildman–Crippen LogP) is 3.40. The van der Waals surface area contributed by atoms with Crippen molar-refractivity contribution in [2.45, 2.75) is 45.2 Å². The molecule has 0 saturated carbocycles. The number of aliphatic imine (C=N–C) groups is 2. The molecule has 194 valence electrons. The van der Waals surface area contributed by atoms with E-state index in [4.69, 9.17) is 4.74 Å². The molecule has 3 amide bonds. The van der Waals surface area contributed by atoms with E-state index in [1.165, 1.54) is 16.7 Å². The zero-order valence-corrected chi connectivity index (χ0v) is 21.8. The van der Waals surface area contributed by atoms with Gasteiger partial charge in [0.1, 0.15) is 17.6 Å². The number of rotatable bonds is 11. The molecule has 2 aliphatic rings. The number of methoxy groups -OCH3 is 1. The number of para-hydroxylation sites is 2. The Morgan fingerprint density at radius 3 is 2.68 bits per heavy atom. The van der Waals surface area contributed by atoms with Crippen LogP contribution >= 0.6 is 11.8 Å². The summed E-state index contributed by atoms with van der Waals surface area (Å²) < 4.78 is 5.33. The Morgan fingerprint density at radius 1 is 1.08 bits per heavy atom. The molecule has 0 fully saturated rings. The van der Waals surface area contributed by atoms with E-state index in [0.29, 0.717) is 35.5 Å². The summed E-state index contributed by atoms with van der Waals surface area (Å²) in [5, 5.41) is 6.20. The van der Waals surface area contributed by atoms with E-state index in [1.54, 1.807) is 7.11 Å². The number of benzene rings is 2. The van der Waals surface area contributed by atoms with E-state index in [2.05, 4.69) is 27.5 Å². The number of nitrogens with one attached hydrogen (secondary N) is 2. The molecule has 0 saturated heterocycles. The van der Waals surface area contributed by atoms with Crippen LogP contribution in [-0.4, -0.2) is 59.1 Å². The summed E-state index contributed by atoms with van der Waals surface area (Å²) >= 11 is 1.21. The minimum absolute atomic E-state index is 0.103. The molecule has 1 atom stereocenters. The molecule has 2 aromatic rings. The average molecular weight is 522 g/mol. The van der Waals surface area contributed by atoms with Gasteiger partial charge in [0.25, 0.3) is 5.91 Å². The lowest BCUT2D eigenvalue weighted by molar-refractivity contribution is -0.125. The van der Waals surface area contributed by atoms with Gasteiger partial charge in [-0.05, 0) is 31.0 Å². The third-order valence-electron chi connectivity index (χ3n) is 6.05. The molecular formula is C27H31N5O4S. The Balaban J connectivity index is 1.40. The molecular weight excluding hydrogens is 490 g/mol. The molecule has 2 heterocycles. The summed E-state index contributed by atoms with van der Waals surface area (Å²) in [5.74, 6) is 0.866. The van der Waals surface area contributed by atoms with E-state index < -0.39 is 6.04 Å². The summed E-state index contributed by atoms with van der Waals surface area (Å²) in [6.45, 7) is 3.03. The van der Waals surface area contributed by atoms with Crippen molar-refractivity contribution in [1.82, 2.24) is 15.5 Å². The van der Waals surface area contributed by atoms with Gasteiger partial charge >= 0.3 is 0 Å². The molecule has 4 rings (SSSR count). The number of fused-ring (bicyclic) bond motifs is 3. The van der Waals surface area contributed by atoms with Crippen LogP contribution in [0.1, 0.15) is 43.7 Å². The Morgan fingerprint density at radius 2 is 1.86 bits per heavy atom. The highest BCUT2D eigenvalue weighted by Crippen LogP contribution is 2.34. The molecule has 0 aromatic heterocycles. The highest BCUT2D eigenvalue weighted by atomic mass is 32.2. The Bertz CT molecular complexity index is 1230. The molecule has 2 aromatic carbocycles. The summed E-state index contributed by atoms with van der Waals surface area (Å²) in [4.78, 5) is 49.0. The molecule has 0 radical (unpaired) electrons. The van der Waals surface area contributed by atoms with Gasteiger partial charge in [0, 0.05) is 30.6 Å². The van der Waals surface area contributed by atoms with Crippen molar-refractivity contribution in [3.8, 4) is 5.75 Å². The first-order chi connectivity index (χ1) is 18.0. The van der Waals surface area contributed by atoms with Crippen molar-refractivity contribution in [3.63, 3.8) is 0 Å². The monoisotopic (exact) mass is 521 g/mol. The highest BCUT2D eigenvalue weighted by molar-refractivity contribution is 8.14. The first-order valence-corrected chi connectivity index (χ1v) is 13.4. The van der Waals surface area contributed by atoms with Crippen LogP contribution in [0.25, 0.3) is 0 Å². The number of amidine groups is 2. The fraction of sp³-hybridized carbons (Fsp3) is 0.370. The van der Waals surface area contributed by atoms with Crippen molar-refractivity contribution in [1.29, 1.82) is 0 Å². The van der Waals surface area contributed by atoms with Crippen LogP contribution in [0.2, 0.25) is 0 Å². The van der Waals surface area contributed by atoms with Crippen molar-refractivity contribution in [2.24, 2.45) is 9.98 Å². The fourth-order valence-corrected chi connectivity index (χ4v) is 4.90. The van der Waals surface area contributed by atoms with Crippen molar-refractivity contribution < 1.29 is 19.1 Å². The van der Waals surface area contributed by atoms with Gasteiger partial charge in [0.2, 0.25) is 11.8 Å². The van der Waals surface area contributed by atoms with Crippen LogP contribution in [0, 0.1) is 0 Å². The quantitative estimate of drug-likeness (QED) is 0.440. The smallest absolute Gasteiger partial charge is 0.259 e. The lowest BCUT2D eigenvalue weighted by Gasteiger charge is -2.25. The molecule has 0 spiro atoms. The molecule has 2 aliphatic heterocycles. The van der Waals surface area contributed by atoms with Gasteiger partial charge < -0.3 is 15.4 Å². The lowest BCUT2D eigenvalue weighted by Crippen LogP contribution is -2.41. The van der Waals surface area contributed by atoms with E-state index in [-0.39, 0.29) is 36.3 Å². The van der Waals surface area contributed by atoms with Crippen LogP contribution < -0.4 is 15.4 Å². The topological polar surface area (TPSA) is 112 Å². The van der Waals surface area contributed by atoms with Gasteiger partial charge in [0.15, 0.2) is 5.17 Å². The molecule has 10 heteroatoms. The first kappa shape index (κ1) is 26.4. The fourth-order valence-electron chi connectivity index (χ4n) is 4.07. The summed E-state index contributed by atoms with van der Waals surface area (Å²) in [6.07, 6.45) is 2.34. The van der Waals surface area contributed by atoms with E-state index in [9.17, 15) is 14.4 Å². The maximum Gasteiger partial charge on any atom is 0.259 e. The van der Waals surface area contributed by atoms with Gasteiger partial charge in [-0.3, -0.25) is 19.4 Å². The minimum Gasteiger partial charge on any atom is -0.496 e. The maximum absolute atomic E-state index is 13.4. The second kappa shape index (κ2) is 12.5. The third-order valence-corrected chi connectivity index (χ3v) is 6.98. The lowest BCUT2D eigenvalue weighted by atomic mass is 10.1. The number of hydrogen-bond acceptors (Lipinski definition) is 7. The predicted molar refractivity (Wildman–Crippen MR) is 145 cm³/mol. The van der Waals surface area contributed by atoms with Gasteiger partial charge in [-0.2, -0.15) is 0 Å². The first-order valence-electron chi connectivity index (χ1n) is 12.4. The average Bonchev–Trinajstić information content (AvgIpc) is 3.26. The van der Waals surface area contributed by atoms with Crippen molar-refractivity contribution >= 4 is 46.2 Å². The van der Waals surface area contributed by atoms with Gasteiger partial charge in [0.05, 0.1) is 18.6 Å². The minimum atomic E-state index is -0.692. The van der Waals surface area contributed by atoms with Crippen LogP contribution in [0.15, 0.2) is 58.5 Å². The molecule has 0 bridgehead atoms. The zero-order valence-electron chi connectivity index (χ0n) is 21.0. The van der Waals surface area contributed by atoms with Gasteiger partial charge in [-0.1, -0.05) is 55.4 Å². The number of nitrogens with zero attached hydrogens (tertiary/aromatic N) is 3. The van der Waals surface area contributed by atoms with Gasteiger partial charge in [-0.15, -0.1) is 0 Å². The number of unbranched alkanes of at least 4 members (excludes halogenated alkanes) is 1. The van der Waals surface area contributed by atoms with E-state index in [1.807, 2.05) is 48.5 Å². The molecule has 9 nitrogen and oxygen atoms in total. The van der Waals surface area contributed by atoms with Crippen molar-refractivity contribution in [3.05, 3.63) is 59.7 Å². The highest BCUT2D eigenvalue weighted by Gasteiger charge is 2.41. The molecule has 37 heavy (non-hydrogen) atoms. The van der Waals surface area contributed by atoms with Gasteiger partial charge in [-0.25, -0.2) is 9.89 Å². The number of carbonyl (C=O) groups is 3. The molecule has 0 unspecified atom stereocenters. The number of hydrogen-bond donors (Lipinski definition) is 2. The van der Waals surface area contributed by atoms with E-state index >= 15 is 0 Å². The molecule has 2 N–H and O–H groups in total. The van der Waals surface area contributed by atoms with Crippen LogP contribution in [-0.2, 0) is 20.9 Å². The van der Waals surface area contributed by atoms with Crippen LogP contribution in [0.4, 0.5) is 5.69 Å². The van der Waals surface area contributed by atoms with Crippen LogP contribution in [0.3, 0.4) is 0 Å². The zero-order chi connectivity index (χ0) is 26.2. The number of amides is 3. The second-order valence-corrected chi connectivity index (χ2v) is 9.62. The maximum atomic E-state index is 13.4. The Kier molecular flexibility index (Phi) is 8.95. The Hall–Kier alpha value is -3.66. The largest absolute Gasteiger partial charge is 0.496 e. The van der Waals surface area contributed by atoms with Crippen molar-refractivity contribution in [2.75, 3.05) is 19.4 Å². The summed E-state index contributed by atoms with van der Waals surface area (Å²) in [5.41, 5.74) is 2.34. The summed E-state index contributed by atoms with van der Waals surface area (Å²) in [7, 11) is 1.59. The number of ether oxygens (including phenoxy) is 1. The second-order valence-electron chi connectivity index (χ2n) is 8.67.